The van der Waals surface area contributed by atoms with Crippen molar-refractivity contribution in [1.82, 2.24) is 0 Å². The van der Waals surface area contributed by atoms with Gasteiger partial charge >= 0.3 is 0 Å². The third-order valence-electron chi connectivity index (χ3n) is 10.4. The van der Waals surface area contributed by atoms with Gasteiger partial charge in [0.2, 0.25) is 0 Å². The number of nitrogens with zero attached hydrogens (tertiary/aromatic N) is 1. The van der Waals surface area contributed by atoms with Crippen molar-refractivity contribution >= 4 is 82.5 Å². The molecule has 7 aromatic carbocycles. The van der Waals surface area contributed by atoms with E-state index in [4.69, 9.17) is 8.83 Å². The maximum Gasteiger partial charge on any atom is 0.138 e. The Kier molecular flexibility index (Phi) is 5.95. The van der Waals surface area contributed by atoms with Crippen molar-refractivity contribution in [3.05, 3.63) is 139 Å². The average Bonchev–Trinajstić information content (AvgIpc) is 3.71. The van der Waals surface area contributed by atoms with Crippen LogP contribution in [-0.4, -0.2) is 0 Å². The summed E-state index contributed by atoms with van der Waals surface area (Å²) in [6.07, 6.45) is 6.59. The largest absolute Gasteiger partial charge is 0.456 e. The average molecular weight is 608 g/mol. The third kappa shape index (κ3) is 4.19. The molecule has 1 saturated carbocycles. The normalized spacial score (nSPS) is 14.3. The monoisotopic (exact) mass is 607 g/mol. The van der Waals surface area contributed by atoms with Crippen LogP contribution in [0.15, 0.2) is 142 Å². The second kappa shape index (κ2) is 10.5. The van der Waals surface area contributed by atoms with Gasteiger partial charge in [0, 0.05) is 50.4 Å². The zero-order chi connectivity index (χ0) is 30.9. The molecule has 1 fully saturated rings. The van der Waals surface area contributed by atoms with Crippen LogP contribution in [0.4, 0.5) is 17.1 Å². The fourth-order valence-corrected chi connectivity index (χ4v) is 8.18. The SMILES string of the molecule is c1ccc2c(c1)ccc1oc3cc(N(c4ccc(C5CCCCC5)cc4)c4ccc5c(c4)oc4ccccc45)c4ccccc4c3c12. The number of hydrogen-bond acceptors (Lipinski definition) is 3. The molecule has 2 aromatic heterocycles. The Morgan fingerprint density at radius 3 is 1.96 bits per heavy atom. The van der Waals surface area contributed by atoms with Crippen molar-refractivity contribution < 1.29 is 8.83 Å². The molecule has 3 heteroatoms. The molecule has 47 heavy (non-hydrogen) atoms. The Bertz CT molecular complexity index is 2620. The van der Waals surface area contributed by atoms with Gasteiger partial charge in [-0.3, -0.25) is 0 Å². The van der Waals surface area contributed by atoms with Gasteiger partial charge in [0.1, 0.15) is 22.3 Å². The first-order chi connectivity index (χ1) is 23.3. The van der Waals surface area contributed by atoms with Gasteiger partial charge in [0.25, 0.3) is 0 Å². The fraction of sp³-hybridized carbons (Fsp3) is 0.136. The molecule has 0 unspecified atom stereocenters. The van der Waals surface area contributed by atoms with Crippen molar-refractivity contribution in [3.8, 4) is 0 Å². The Morgan fingerprint density at radius 2 is 1.11 bits per heavy atom. The number of fused-ring (bicyclic) bond motifs is 10. The minimum atomic E-state index is 0.653. The van der Waals surface area contributed by atoms with Crippen LogP contribution in [0.25, 0.3) is 65.4 Å². The lowest BCUT2D eigenvalue weighted by Gasteiger charge is -2.28. The Labute approximate surface area is 272 Å². The predicted octanol–water partition coefficient (Wildman–Crippen LogP) is 13.3. The number of benzene rings is 7. The standard InChI is InChI=1S/C44H33NO2/c1-2-10-28(11-3-1)29-18-21-31(22-19-29)45(32-23-24-36-35-15-8-9-17-39(35)46-41(36)26-32)38-27-42-44(37-16-7-6-14-34(37)38)43-33-13-5-4-12-30(33)20-25-40(43)47-42/h4-9,12-28H,1-3,10-11H2. The molecule has 226 valence electrons. The summed E-state index contributed by atoms with van der Waals surface area (Å²) in [5, 5.41) is 9.40. The van der Waals surface area contributed by atoms with Crippen LogP contribution in [0.2, 0.25) is 0 Å². The van der Waals surface area contributed by atoms with Gasteiger partial charge in [-0.05, 0) is 76.9 Å². The van der Waals surface area contributed by atoms with Gasteiger partial charge in [-0.25, -0.2) is 0 Å². The van der Waals surface area contributed by atoms with Crippen LogP contribution >= 0.6 is 0 Å². The van der Waals surface area contributed by atoms with Crippen molar-refractivity contribution in [3.63, 3.8) is 0 Å². The van der Waals surface area contributed by atoms with Gasteiger partial charge in [0.15, 0.2) is 0 Å². The lowest BCUT2D eigenvalue weighted by Crippen LogP contribution is -2.11. The highest BCUT2D eigenvalue weighted by Crippen LogP contribution is 2.47. The van der Waals surface area contributed by atoms with E-state index < -0.39 is 0 Å². The van der Waals surface area contributed by atoms with Crippen LogP contribution in [0.5, 0.6) is 0 Å². The first-order valence-corrected chi connectivity index (χ1v) is 16.9. The number of furan rings is 2. The van der Waals surface area contributed by atoms with E-state index in [1.807, 2.05) is 12.1 Å². The van der Waals surface area contributed by atoms with Gasteiger partial charge in [-0.15, -0.1) is 0 Å². The molecule has 0 atom stereocenters. The van der Waals surface area contributed by atoms with Gasteiger partial charge < -0.3 is 13.7 Å². The summed E-state index contributed by atoms with van der Waals surface area (Å²) in [5.74, 6) is 0.653. The molecule has 0 spiro atoms. The number of hydrogen-bond donors (Lipinski definition) is 0. The smallest absolute Gasteiger partial charge is 0.138 e. The van der Waals surface area contributed by atoms with Crippen LogP contribution < -0.4 is 4.90 Å². The van der Waals surface area contributed by atoms with E-state index in [2.05, 4.69) is 126 Å². The summed E-state index contributed by atoms with van der Waals surface area (Å²) < 4.78 is 13.1. The molecule has 1 aliphatic carbocycles. The third-order valence-corrected chi connectivity index (χ3v) is 10.4. The summed E-state index contributed by atoms with van der Waals surface area (Å²) >= 11 is 0. The minimum absolute atomic E-state index is 0.653. The molecule has 10 rings (SSSR count). The summed E-state index contributed by atoms with van der Waals surface area (Å²) in [7, 11) is 0. The molecule has 0 radical (unpaired) electrons. The molecule has 0 saturated heterocycles. The van der Waals surface area contributed by atoms with Gasteiger partial charge in [-0.1, -0.05) is 104 Å². The second-order valence-corrected chi connectivity index (χ2v) is 13.1. The lowest BCUT2D eigenvalue weighted by molar-refractivity contribution is 0.443. The van der Waals surface area contributed by atoms with Crippen molar-refractivity contribution in [2.45, 2.75) is 38.0 Å². The topological polar surface area (TPSA) is 29.5 Å². The number of rotatable bonds is 4. The Hall–Kier alpha value is -5.54. The van der Waals surface area contributed by atoms with E-state index in [-0.39, 0.29) is 0 Å². The zero-order valence-corrected chi connectivity index (χ0v) is 26.1. The zero-order valence-electron chi connectivity index (χ0n) is 26.1. The van der Waals surface area contributed by atoms with E-state index in [9.17, 15) is 0 Å². The molecule has 1 aliphatic rings. The van der Waals surface area contributed by atoms with Crippen molar-refractivity contribution in [2.75, 3.05) is 4.90 Å². The van der Waals surface area contributed by atoms with E-state index in [0.717, 1.165) is 55.6 Å². The van der Waals surface area contributed by atoms with E-state index >= 15 is 0 Å². The Balaban J connectivity index is 1.23. The number of anilines is 3. The molecule has 0 N–H and O–H groups in total. The molecular formula is C44H33NO2. The minimum Gasteiger partial charge on any atom is -0.456 e. The molecule has 2 heterocycles. The lowest BCUT2D eigenvalue weighted by atomic mass is 9.84. The summed E-state index contributed by atoms with van der Waals surface area (Å²) in [4.78, 5) is 2.38. The summed E-state index contributed by atoms with van der Waals surface area (Å²) in [6.45, 7) is 0. The molecule has 0 bridgehead atoms. The summed E-state index contributed by atoms with van der Waals surface area (Å²) in [6, 6.07) is 48.1. The Morgan fingerprint density at radius 1 is 0.447 bits per heavy atom. The first kappa shape index (κ1) is 26.7. The van der Waals surface area contributed by atoms with E-state index in [1.165, 1.54) is 64.6 Å². The van der Waals surface area contributed by atoms with E-state index in [1.54, 1.807) is 0 Å². The molecule has 0 amide bonds. The van der Waals surface area contributed by atoms with Crippen molar-refractivity contribution in [1.29, 1.82) is 0 Å². The van der Waals surface area contributed by atoms with Gasteiger partial charge in [0.05, 0.1) is 5.69 Å². The molecular weight excluding hydrogens is 574 g/mol. The number of para-hydroxylation sites is 1. The highest BCUT2D eigenvalue weighted by molar-refractivity contribution is 6.28. The molecule has 9 aromatic rings. The van der Waals surface area contributed by atoms with E-state index in [0.29, 0.717) is 5.92 Å². The molecule has 3 nitrogen and oxygen atoms in total. The predicted molar refractivity (Wildman–Crippen MR) is 197 cm³/mol. The maximum absolute atomic E-state index is 6.69. The fourth-order valence-electron chi connectivity index (χ4n) is 8.18. The van der Waals surface area contributed by atoms with Crippen LogP contribution in [0, 0.1) is 0 Å². The van der Waals surface area contributed by atoms with Crippen LogP contribution in [0.1, 0.15) is 43.6 Å². The van der Waals surface area contributed by atoms with Crippen LogP contribution in [0.3, 0.4) is 0 Å². The highest BCUT2D eigenvalue weighted by Gasteiger charge is 2.23. The second-order valence-electron chi connectivity index (χ2n) is 13.1. The highest BCUT2D eigenvalue weighted by atomic mass is 16.3. The quantitative estimate of drug-likeness (QED) is 0.199. The van der Waals surface area contributed by atoms with Gasteiger partial charge in [-0.2, -0.15) is 0 Å². The molecule has 0 aliphatic heterocycles. The maximum atomic E-state index is 6.69. The van der Waals surface area contributed by atoms with Crippen molar-refractivity contribution in [2.24, 2.45) is 0 Å². The van der Waals surface area contributed by atoms with Crippen LogP contribution in [-0.2, 0) is 0 Å². The summed E-state index contributed by atoms with van der Waals surface area (Å²) in [5.41, 5.74) is 8.28. The first-order valence-electron chi connectivity index (χ1n) is 16.9.